The van der Waals surface area contributed by atoms with E-state index in [1.165, 1.54) is 11.1 Å². The molecule has 0 saturated heterocycles. The zero-order valence-electron chi connectivity index (χ0n) is 19.1. The largest absolute Gasteiger partial charge is 1.00 e. The molecule has 0 aliphatic rings. The van der Waals surface area contributed by atoms with Crippen LogP contribution in [0, 0.1) is 6.92 Å². The summed E-state index contributed by atoms with van der Waals surface area (Å²) in [5.74, 6) is 1.76. The van der Waals surface area contributed by atoms with Crippen LogP contribution in [0.25, 0.3) is 0 Å². The molecule has 0 N–H and O–H groups in total. The van der Waals surface area contributed by atoms with Crippen LogP contribution in [0.4, 0.5) is 0 Å². The minimum atomic E-state index is 0. The van der Waals surface area contributed by atoms with Gasteiger partial charge in [0, 0.05) is 19.5 Å². The predicted molar refractivity (Wildman–Crippen MR) is 114 cm³/mol. The fourth-order valence-electron chi connectivity index (χ4n) is 3.25. The SMILES string of the molecule is CCCN(CCC)C(=O)C[N+](C)(C)CCCOc1cc(C(C)C)ccc1C.[Br-]. The van der Waals surface area contributed by atoms with Crippen LogP contribution in [-0.4, -0.2) is 62.2 Å². The minimum absolute atomic E-state index is 0. The Morgan fingerprint density at radius 2 is 1.75 bits per heavy atom. The Morgan fingerprint density at radius 3 is 2.29 bits per heavy atom. The van der Waals surface area contributed by atoms with E-state index in [4.69, 9.17) is 4.74 Å². The van der Waals surface area contributed by atoms with Crippen molar-refractivity contribution in [3.63, 3.8) is 0 Å². The molecule has 5 heteroatoms. The molecule has 162 valence electrons. The second-order valence-corrected chi connectivity index (χ2v) is 8.58. The number of likely N-dealkylation sites (N-methyl/N-ethyl adjacent to an activating group) is 1. The smallest absolute Gasteiger partial charge is 0.277 e. The van der Waals surface area contributed by atoms with Crippen LogP contribution in [0.3, 0.4) is 0 Å². The van der Waals surface area contributed by atoms with Gasteiger partial charge in [0.25, 0.3) is 5.91 Å². The van der Waals surface area contributed by atoms with Crippen molar-refractivity contribution >= 4 is 5.91 Å². The number of ether oxygens (including phenoxy) is 1. The Kier molecular flexibility index (Phi) is 12.7. The molecule has 0 aromatic heterocycles. The van der Waals surface area contributed by atoms with Crippen molar-refractivity contribution in [1.82, 2.24) is 4.90 Å². The van der Waals surface area contributed by atoms with E-state index in [0.717, 1.165) is 44.6 Å². The average molecular weight is 457 g/mol. The molecule has 0 unspecified atom stereocenters. The summed E-state index contributed by atoms with van der Waals surface area (Å²) >= 11 is 0. The van der Waals surface area contributed by atoms with Crippen molar-refractivity contribution in [2.24, 2.45) is 0 Å². The quantitative estimate of drug-likeness (QED) is 0.353. The molecule has 0 radical (unpaired) electrons. The molecular weight excluding hydrogens is 416 g/mol. The Balaban J connectivity index is 0.00000729. The lowest BCUT2D eigenvalue weighted by molar-refractivity contribution is -0.882. The molecule has 0 saturated carbocycles. The minimum Gasteiger partial charge on any atom is -1.00 e. The lowest BCUT2D eigenvalue weighted by atomic mass is 10.0. The van der Waals surface area contributed by atoms with E-state index in [9.17, 15) is 4.79 Å². The van der Waals surface area contributed by atoms with Crippen LogP contribution in [0.1, 0.15) is 64.0 Å². The normalized spacial score (nSPS) is 11.3. The lowest BCUT2D eigenvalue weighted by Gasteiger charge is -2.32. The number of nitrogens with zero attached hydrogens (tertiary/aromatic N) is 2. The maximum absolute atomic E-state index is 12.6. The first-order chi connectivity index (χ1) is 12.7. The van der Waals surface area contributed by atoms with Gasteiger partial charge in [-0.25, -0.2) is 0 Å². The molecule has 28 heavy (non-hydrogen) atoms. The summed E-state index contributed by atoms with van der Waals surface area (Å²) < 4.78 is 6.75. The molecular formula is C23H41BrN2O2. The molecule has 0 atom stereocenters. The number of hydrogen-bond donors (Lipinski definition) is 0. The van der Waals surface area contributed by atoms with E-state index >= 15 is 0 Å². The van der Waals surface area contributed by atoms with Crippen LogP contribution in [-0.2, 0) is 4.79 Å². The number of hydrogen-bond acceptors (Lipinski definition) is 2. The number of amides is 1. The van der Waals surface area contributed by atoms with Crippen molar-refractivity contribution in [2.75, 3.05) is 46.9 Å². The fraction of sp³-hybridized carbons (Fsp3) is 0.696. The van der Waals surface area contributed by atoms with Crippen LogP contribution in [0.2, 0.25) is 0 Å². The van der Waals surface area contributed by atoms with Gasteiger partial charge in [-0.3, -0.25) is 4.79 Å². The Bertz CT molecular complexity index is 582. The van der Waals surface area contributed by atoms with Gasteiger partial charge in [0.2, 0.25) is 0 Å². The monoisotopic (exact) mass is 456 g/mol. The number of rotatable bonds is 12. The molecule has 1 aromatic carbocycles. The van der Waals surface area contributed by atoms with E-state index in [1.807, 2.05) is 4.90 Å². The third-order valence-electron chi connectivity index (χ3n) is 4.95. The molecule has 1 aromatic rings. The first-order valence-electron chi connectivity index (χ1n) is 10.5. The van der Waals surface area contributed by atoms with Crippen molar-refractivity contribution in [3.8, 4) is 5.75 Å². The molecule has 0 fully saturated rings. The number of quaternary nitrogens is 1. The highest BCUT2D eigenvalue weighted by Crippen LogP contribution is 2.24. The van der Waals surface area contributed by atoms with Gasteiger partial charge < -0.3 is 31.1 Å². The van der Waals surface area contributed by atoms with Crippen LogP contribution >= 0.6 is 0 Å². The number of benzene rings is 1. The first-order valence-corrected chi connectivity index (χ1v) is 10.5. The van der Waals surface area contributed by atoms with Gasteiger partial charge in [0.15, 0.2) is 6.54 Å². The van der Waals surface area contributed by atoms with E-state index in [0.29, 0.717) is 23.6 Å². The molecule has 1 rings (SSSR count). The molecule has 1 amide bonds. The van der Waals surface area contributed by atoms with Crippen LogP contribution in [0.15, 0.2) is 18.2 Å². The van der Waals surface area contributed by atoms with Crippen LogP contribution < -0.4 is 21.7 Å². The van der Waals surface area contributed by atoms with Crippen molar-refractivity contribution in [2.45, 2.75) is 59.8 Å². The summed E-state index contributed by atoms with van der Waals surface area (Å²) in [6.07, 6.45) is 2.97. The van der Waals surface area contributed by atoms with Crippen molar-refractivity contribution in [1.29, 1.82) is 0 Å². The lowest BCUT2D eigenvalue weighted by Crippen LogP contribution is -3.00. The molecule has 0 aliphatic carbocycles. The zero-order valence-corrected chi connectivity index (χ0v) is 20.6. The molecule has 0 heterocycles. The summed E-state index contributed by atoms with van der Waals surface area (Å²) in [4.78, 5) is 14.6. The molecule has 0 spiro atoms. The highest BCUT2D eigenvalue weighted by molar-refractivity contribution is 5.77. The highest BCUT2D eigenvalue weighted by Gasteiger charge is 2.23. The van der Waals surface area contributed by atoms with Crippen molar-refractivity contribution in [3.05, 3.63) is 29.3 Å². The van der Waals surface area contributed by atoms with Gasteiger partial charge in [-0.1, -0.05) is 39.8 Å². The third-order valence-corrected chi connectivity index (χ3v) is 4.95. The van der Waals surface area contributed by atoms with Gasteiger partial charge >= 0.3 is 0 Å². The number of carbonyl (C=O) groups is 1. The highest BCUT2D eigenvalue weighted by atomic mass is 79.9. The molecule has 4 nitrogen and oxygen atoms in total. The van der Waals surface area contributed by atoms with E-state index in [-0.39, 0.29) is 22.9 Å². The summed E-state index contributed by atoms with van der Waals surface area (Å²) in [7, 11) is 4.28. The topological polar surface area (TPSA) is 29.5 Å². The van der Waals surface area contributed by atoms with E-state index in [2.05, 4.69) is 66.9 Å². The van der Waals surface area contributed by atoms with Gasteiger partial charge in [-0.05, 0) is 42.9 Å². The molecule has 0 aliphatic heterocycles. The second-order valence-electron chi connectivity index (χ2n) is 8.58. The van der Waals surface area contributed by atoms with Gasteiger partial charge in [0.1, 0.15) is 5.75 Å². The summed E-state index contributed by atoms with van der Waals surface area (Å²) in [6, 6.07) is 6.48. The maximum atomic E-state index is 12.6. The van der Waals surface area contributed by atoms with E-state index < -0.39 is 0 Å². The van der Waals surface area contributed by atoms with Gasteiger partial charge in [-0.2, -0.15) is 0 Å². The predicted octanol–water partition coefficient (Wildman–Crippen LogP) is 1.62. The Morgan fingerprint density at radius 1 is 1.14 bits per heavy atom. The third kappa shape index (κ3) is 9.42. The summed E-state index contributed by atoms with van der Waals surface area (Å²) in [5.41, 5.74) is 2.49. The first kappa shape index (κ1) is 26.9. The number of aryl methyl sites for hydroxylation is 1. The number of halogens is 1. The van der Waals surface area contributed by atoms with Crippen LogP contribution in [0.5, 0.6) is 5.75 Å². The standard InChI is InChI=1S/C23H41N2O2.BrH/c1-8-13-24(14-9-2)23(26)18-25(6,7)15-10-16-27-22-17-21(19(3)4)12-11-20(22)5;/h11-12,17,19H,8-10,13-16,18H2,1-7H3;1H/q+1;/p-1. The summed E-state index contributed by atoms with van der Waals surface area (Å²) in [5, 5.41) is 0. The average Bonchev–Trinajstić information content (AvgIpc) is 2.59. The summed E-state index contributed by atoms with van der Waals surface area (Å²) in [6.45, 7) is 14.6. The fourth-order valence-corrected chi connectivity index (χ4v) is 3.25. The molecule has 0 bridgehead atoms. The second kappa shape index (κ2) is 13.2. The van der Waals surface area contributed by atoms with Gasteiger partial charge in [-0.15, -0.1) is 0 Å². The maximum Gasteiger partial charge on any atom is 0.277 e. The zero-order chi connectivity index (χ0) is 20.4. The Hall–Kier alpha value is -1.07. The van der Waals surface area contributed by atoms with Crippen molar-refractivity contribution < 1.29 is 31.0 Å². The Labute approximate surface area is 183 Å². The van der Waals surface area contributed by atoms with Gasteiger partial charge in [0.05, 0.1) is 27.2 Å². The number of carbonyl (C=O) groups excluding carboxylic acids is 1. The van der Waals surface area contributed by atoms with E-state index in [1.54, 1.807) is 0 Å².